The molecule has 1 saturated carbocycles. The van der Waals surface area contributed by atoms with E-state index in [1.807, 2.05) is 24.3 Å². The molecule has 2 aromatic rings. The summed E-state index contributed by atoms with van der Waals surface area (Å²) in [6.45, 7) is 0.985. The van der Waals surface area contributed by atoms with Crippen molar-refractivity contribution in [3.63, 3.8) is 0 Å². The Balaban J connectivity index is 1.71. The molecule has 0 aromatic heterocycles. The van der Waals surface area contributed by atoms with E-state index in [1.54, 1.807) is 7.11 Å². The Morgan fingerprint density at radius 3 is 2.62 bits per heavy atom. The highest BCUT2D eigenvalue weighted by molar-refractivity contribution is 5.86. The maximum Gasteiger partial charge on any atom is 0.227 e. The first-order valence-corrected chi connectivity index (χ1v) is 7.22. The maximum absolute atomic E-state index is 12.1. The summed E-state index contributed by atoms with van der Waals surface area (Å²) in [6.07, 6.45) is 1.82. The van der Waals surface area contributed by atoms with Gasteiger partial charge < -0.3 is 15.8 Å². The van der Waals surface area contributed by atoms with Crippen LogP contribution in [0, 0.1) is 5.41 Å². The molecule has 3 N–H and O–H groups in total. The molecule has 2 aromatic carbocycles. The number of amides is 1. The van der Waals surface area contributed by atoms with Crippen molar-refractivity contribution in [3.8, 4) is 5.75 Å². The molecule has 0 bridgehead atoms. The van der Waals surface area contributed by atoms with E-state index in [9.17, 15) is 4.79 Å². The SMILES string of the molecule is COc1ccc2cc(CNC(=O)C3(CN)CC3)ccc2c1. The van der Waals surface area contributed by atoms with Crippen LogP contribution < -0.4 is 15.8 Å². The third-order valence-corrected chi connectivity index (χ3v) is 4.29. The highest BCUT2D eigenvalue weighted by atomic mass is 16.5. The molecule has 3 rings (SSSR count). The van der Waals surface area contributed by atoms with E-state index in [4.69, 9.17) is 10.5 Å². The Kier molecular flexibility index (Phi) is 3.55. The number of ether oxygens (including phenoxy) is 1. The van der Waals surface area contributed by atoms with Gasteiger partial charge in [-0.2, -0.15) is 0 Å². The zero-order valence-corrected chi connectivity index (χ0v) is 12.2. The van der Waals surface area contributed by atoms with E-state index in [2.05, 4.69) is 17.4 Å². The van der Waals surface area contributed by atoms with Gasteiger partial charge in [-0.25, -0.2) is 0 Å². The lowest BCUT2D eigenvalue weighted by Crippen LogP contribution is -2.36. The van der Waals surface area contributed by atoms with Crippen molar-refractivity contribution in [2.45, 2.75) is 19.4 Å². The molecule has 0 aliphatic heterocycles. The normalized spacial score (nSPS) is 15.7. The highest BCUT2D eigenvalue weighted by Crippen LogP contribution is 2.44. The lowest BCUT2D eigenvalue weighted by atomic mass is 10.1. The van der Waals surface area contributed by atoms with Gasteiger partial charge in [0.05, 0.1) is 12.5 Å². The number of fused-ring (bicyclic) bond motifs is 1. The Morgan fingerprint density at radius 1 is 1.24 bits per heavy atom. The average Bonchev–Trinajstić information content (AvgIpc) is 3.33. The van der Waals surface area contributed by atoms with Crippen LogP contribution in [-0.4, -0.2) is 19.6 Å². The molecule has 0 unspecified atom stereocenters. The molecule has 0 heterocycles. The molecule has 4 heteroatoms. The first-order valence-electron chi connectivity index (χ1n) is 7.22. The first-order chi connectivity index (χ1) is 10.2. The van der Waals surface area contributed by atoms with Crippen LogP contribution >= 0.6 is 0 Å². The topological polar surface area (TPSA) is 64.3 Å². The van der Waals surface area contributed by atoms with Gasteiger partial charge >= 0.3 is 0 Å². The summed E-state index contributed by atoms with van der Waals surface area (Å²) in [7, 11) is 1.66. The molecule has 0 spiro atoms. The quantitative estimate of drug-likeness (QED) is 0.884. The molecule has 4 nitrogen and oxygen atoms in total. The van der Waals surface area contributed by atoms with Crippen LogP contribution in [0.25, 0.3) is 10.8 Å². The van der Waals surface area contributed by atoms with Gasteiger partial charge in [-0.3, -0.25) is 4.79 Å². The number of carbonyl (C=O) groups is 1. The van der Waals surface area contributed by atoms with Crippen LogP contribution in [-0.2, 0) is 11.3 Å². The maximum atomic E-state index is 12.1. The van der Waals surface area contributed by atoms with Gasteiger partial charge in [-0.05, 0) is 47.4 Å². The standard InChI is InChI=1S/C17H20N2O2/c1-21-15-5-4-13-8-12(2-3-14(13)9-15)10-19-16(20)17(11-18)6-7-17/h2-5,8-9H,6-7,10-11,18H2,1H3,(H,19,20). The lowest BCUT2D eigenvalue weighted by Gasteiger charge is -2.13. The van der Waals surface area contributed by atoms with Crippen LogP contribution in [0.3, 0.4) is 0 Å². The predicted octanol–water partition coefficient (Wildman–Crippen LogP) is 2.20. The van der Waals surface area contributed by atoms with Crippen molar-refractivity contribution in [3.05, 3.63) is 42.0 Å². The Hall–Kier alpha value is -2.07. The van der Waals surface area contributed by atoms with Crippen molar-refractivity contribution in [1.29, 1.82) is 0 Å². The highest BCUT2D eigenvalue weighted by Gasteiger charge is 2.48. The third kappa shape index (κ3) is 2.72. The van der Waals surface area contributed by atoms with Gasteiger partial charge in [0.15, 0.2) is 0 Å². The summed E-state index contributed by atoms with van der Waals surface area (Å²) in [4.78, 5) is 12.1. The molecule has 1 amide bonds. The van der Waals surface area contributed by atoms with Gasteiger partial charge in [0, 0.05) is 13.1 Å². The van der Waals surface area contributed by atoms with E-state index in [0.29, 0.717) is 13.1 Å². The van der Waals surface area contributed by atoms with E-state index in [0.717, 1.165) is 34.9 Å². The van der Waals surface area contributed by atoms with E-state index in [1.165, 1.54) is 0 Å². The fraction of sp³-hybridized carbons (Fsp3) is 0.353. The second-order valence-corrected chi connectivity index (χ2v) is 5.71. The second-order valence-electron chi connectivity index (χ2n) is 5.71. The van der Waals surface area contributed by atoms with Crippen LogP contribution in [0.5, 0.6) is 5.75 Å². The summed E-state index contributed by atoms with van der Waals surface area (Å²) in [5.74, 6) is 0.932. The Bertz CT molecular complexity index is 678. The lowest BCUT2D eigenvalue weighted by molar-refractivity contribution is -0.126. The fourth-order valence-corrected chi connectivity index (χ4v) is 2.55. The van der Waals surface area contributed by atoms with E-state index >= 15 is 0 Å². The molecule has 0 saturated heterocycles. The van der Waals surface area contributed by atoms with Crippen molar-refractivity contribution in [2.24, 2.45) is 11.1 Å². The van der Waals surface area contributed by atoms with Gasteiger partial charge in [0.25, 0.3) is 0 Å². The largest absolute Gasteiger partial charge is 0.497 e. The molecule has 0 radical (unpaired) electrons. The minimum absolute atomic E-state index is 0.0832. The molecule has 1 aliphatic rings. The number of carbonyl (C=O) groups excluding carboxylic acids is 1. The summed E-state index contributed by atoms with van der Waals surface area (Å²) >= 11 is 0. The van der Waals surface area contributed by atoms with Gasteiger partial charge in [0.1, 0.15) is 5.75 Å². The van der Waals surface area contributed by atoms with Crippen LogP contribution in [0.15, 0.2) is 36.4 Å². The van der Waals surface area contributed by atoms with Crippen LogP contribution in [0.2, 0.25) is 0 Å². The number of rotatable bonds is 5. The number of nitrogens with two attached hydrogens (primary N) is 1. The van der Waals surface area contributed by atoms with Crippen LogP contribution in [0.1, 0.15) is 18.4 Å². The predicted molar refractivity (Wildman–Crippen MR) is 83.1 cm³/mol. The molecular weight excluding hydrogens is 264 g/mol. The van der Waals surface area contributed by atoms with E-state index in [-0.39, 0.29) is 11.3 Å². The molecule has 1 fully saturated rings. The first kappa shape index (κ1) is 13.9. The third-order valence-electron chi connectivity index (χ3n) is 4.29. The minimum atomic E-state index is -0.287. The van der Waals surface area contributed by atoms with Gasteiger partial charge in [0.2, 0.25) is 5.91 Å². The smallest absolute Gasteiger partial charge is 0.227 e. The average molecular weight is 284 g/mol. The van der Waals surface area contributed by atoms with Crippen molar-refractivity contribution in [2.75, 3.05) is 13.7 Å². The zero-order chi connectivity index (χ0) is 14.9. The Morgan fingerprint density at radius 2 is 1.95 bits per heavy atom. The minimum Gasteiger partial charge on any atom is -0.497 e. The monoisotopic (exact) mass is 284 g/mol. The van der Waals surface area contributed by atoms with Gasteiger partial charge in [-0.1, -0.05) is 18.2 Å². The summed E-state index contributed by atoms with van der Waals surface area (Å²) in [5.41, 5.74) is 6.47. The molecule has 21 heavy (non-hydrogen) atoms. The molecule has 1 aliphatic carbocycles. The summed E-state index contributed by atoms with van der Waals surface area (Å²) < 4.78 is 5.22. The fourth-order valence-electron chi connectivity index (χ4n) is 2.55. The Labute approximate surface area is 124 Å². The molecule has 110 valence electrons. The van der Waals surface area contributed by atoms with Crippen molar-refractivity contribution >= 4 is 16.7 Å². The summed E-state index contributed by atoms with van der Waals surface area (Å²) in [5, 5.41) is 5.27. The van der Waals surface area contributed by atoms with Crippen LogP contribution in [0.4, 0.5) is 0 Å². The zero-order valence-electron chi connectivity index (χ0n) is 12.2. The molecule has 0 atom stereocenters. The number of nitrogens with one attached hydrogen (secondary N) is 1. The number of hydrogen-bond acceptors (Lipinski definition) is 3. The molecular formula is C17H20N2O2. The summed E-state index contributed by atoms with van der Waals surface area (Å²) in [6, 6.07) is 12.2. The van der Waals surface area contributed by atoms with E-state index < -0.39 is 0 Å². The number of methoxy groups -OCH3 is 1. The van der Waals surface area contributed by atoms with Gasteiger partial charge in [-0.15, -0.1) is 0 Å². The second kappa shape index (κ2) is 5.37. The van der Waals surface area contributed by atoms with Crippen molar-refractivity contribution < 1.29 is 9.53 Å². The number of hydrogen-bond donors (Lipinski definition) is 2. The number of benzene rings is 2. The van der Waals surface area contributed by atoms with Crippen molar-refractivity contribution in [1.82, 2.24) is 5.32 Å².